The van der Waals surface area contributed by atoms with E-state index >= 15 is 0 Å². The lowest BCUT2D eigenvalue weighted by Crippen LogP contribution is -2.00. The smallest absolute Gasteiger partial charge is 0.0473 e. The molecule has 0 rings (SSSR count). The van der Waals surface area contributed by atoms with Crippen LogP contribution in [0.3, 0.4) is 0 Å². The van der Waals surface area contributed by atoms with Crippen molar-refractivity contribution in [2.24, 2.45) is 0 Å². The third-order valence-corrected chi connectivity index (χ3v) is 1.79. The maximum absolute atomic E-state index is 5.35. The quantitative estimate of drug-likeness (QED) is 0.446. The molecule has 0 aromatic rings. The average molecular weight is 192 g/mol. The highest BCUT2D eigenvalue weighted by molar-refractivity contribution is 7.80. The zero-order chi connectivity index (χ0) is 9.07. The molecule has 74 valence electrons. The molecule has 0 atom stereocenters. The molecule has 0 aliphatic carbocycles. The summed E-state index contributed by atoms with van der Waals surface area (Å²) in [7, 11) is 0. The molecule has 0 aliphatic rings. The summed E-state index contributed by atoms with van der Waals surface area (Å²) in [5.74, 6) is 0.916. The molecule has 0 aromatic carbocycles. The SMILES string of the molecule is CCOCCCCOCCCS. The van der Waals surface area contributed by atoms with E-state index in [0.717, 1.165) is 51.4 Å². The topological polar surface area (TPSA) is 18.5 Å². The van der Waals surface area contributed by atoms with Crippen molar-refractivity contribution in [1.82, 2.24) is 0 Å². The first-order valence-corrected chi connectivity index (χ1v) is 5.31. The second-order valence-corrected chi connectivity index (χ2v) is 3.04. The van der Waals surface area contributed by atoms with Gasteiger partial charge in [-0.1, -0.05) is 0 Å². The predicted molar refractivity (Wildman–Crippen MR) is 55.0 cm³/mol. The minimum absolute atomic E-state index is 0.820. The number of ether oxygens (including phenoxy) is 2. The van der Waals surface area contributed by atoms with Gasteiger partial charge in [0.15, 0.2) is 0 Å². The van der Waals surface area contributed by atoms with Gasteiger partial charge in [-0.3, -0.25) is 0 Å². The second-order valence-electron chi connectivity index (χ2n) is 2.59. The third-order valence-electron chi connectivity index (χ3n) is 1.48. The van der Waals surface area contributed by atoms with Crippen molar-refractivity contribution in [2.45, 2.75) is 26.2 Å². The highest BCUT2D eigenvalue weighted by atomic mass is 32.1. The lowest BCUT2D eigenvalue weighted by Gasteiger charge is -2.02. The Morgan fingerprint density at radius 3 is 2.08 bits per heavy atom. The van der Waals surface area contributed by atoms with Gasteiger partial charge in [0.05, 0.1) is 0 Å². The first kappa shape index (κ1) is 12.3. The Bertz CT molecular complexity index is 68.9. The largest absolute Gasteiger partial charge is 0.382 e. The van der Waals surface area contributed by atoms with Crippen molar-refractivity contribution >= 4 is 12.6 Å². The summed E-state index contributed by atoms with van der Waals surface area (Å²) in [5, 5.41) is 0. The van der Waals surface area contributed by atoms with Gasteiger partial charge in [-0.15, -0.1) is 0 Å². The predicted octanol–water partition coefficient (Wildman–Crippen LogP) is 2.14. The zero-order valence-electron chi connectivity index (χ0n) is 7.92. The molecule has 0 saturated carbocycles. The molecule has 0 fully saturated rings. The number of unbranched alkanes of at least 4 members (excludes halogenated alkanes) is 1. The van der Waals surface area contributed by atoms with Crippen LogP contribution in [0.15, 0.2) is 0 Å². The summed E-state index contributed by atoms with van der Waals surface area (Å²) in [5.41, 5.74) is 0. The van der Waals surface area contributed by atoms with Gasteiger partial charge in [-0.05, 0) is 31.9 Å². The molecule has 0 bridgehead atoms. The summed E-state index contributed by atoms with van der Waals surface area (Å²) in [4.78, 5) is 0. The minimum atomic E-state index is 0.820. The maximum atomic E-state index is 5.35. The summed E-state index contributed by atoms with van der Waals surface area (Å²) in [6.07, 6.45) is 3.26. The fourth-order valence-corrected chi connectivity index (χ4v) is 0.950. The number of thiol groups is 1. The van der Waals surface area contributed by atoms with E-state index in [-0.39, 0.29) is 0 Å². The fraction of sp³-hybridized carbons (Fsp3) is 1.00. The zero-order valence-corrected chi connectivity index (χ0v) is 8.81. The van der Waals surface area contributed by atoms with Gasteiger partial charge in [-0.2, -0.15) is 12.6 Å². The van der Waals surface area contributed by atoms with Crippen molar-refractivity contribution in [1.29, 1.82) is 0 Å². The van der Waals surface area contributed by atoms with Crippen LogP contribution in [0.4, 0.5) is 0 Å². The Kier molecular flexibility index (Phi) is 11.5. The van der Waals surface area contributed by atoms with Gasteiger partial charge in [0.2, 0.25) is 0 Å². The van der Waals surface area contributed by atoms with Crippen LogP contribution in [-0.4, -0.2) is 32.2 Å². The van der Waals surface area contributed by atoms with Gasteiger partial charge in [0.1, 0.15) is 0 Å². The monoisotopic (exact) mass is 192 g/mol. The van der Waals surface area contributed by atoms with E-state index < -0.39 is 0 Å². The molecule has 3 heteroatoms. The molecule has 2 nitrogen and oxygen atoms in total. The van der Waals surface area contributed by atoms with E-state index in [2.05, 4.69) is 12.6 Å². The van der Waals surface area contributed by atoms with Crippen molar-refractivity contribution in [3.05, 3.63) is 0 Å². The number of hydrogen-bond donors (Lipinski definition) is 1. The normalized spacial score (nSPS) is 10.5. The molecule has 0 radical (unpaired) electrons. The summed E-state index contributed by atoms with van der Waals surface area (Å²) in [6.45, 7) is 5.41. The van der Waals surface area contributed by atoms with Gasteiger partial charge < -0.3 is 9.47 Å². The van der Waals surface area contributed by atoms with E-state index in [1.54, 1.807) is 0 Å². The molecule has 0 aliphatic heterocycles. The molecule has 12 heavy (non-hydrogen) atoms. The first-order chi connectivity index (χ1) is 5.91. The molecule has 0 heterocycles. The Morgan fingerprint density at radius 2 is 1.50 bits per heavy atom. The van der Waals surface area contributed by atoms with Crippen LogP contribution >= 0.6 is 12.6 Å². The van der Waals surface area contributed by atoms with Crippen LogP contribution in [0.5, 0.6) is 0 Å². The average Bonchev–Trinajstić information content (AvgIpc) is 2.10. The number of hydrogen-bond acceptors (Lipinski definition) is 3. The van der Waals surface area contributed by atoms with Gasteiger partial charge >= 0.3 is 0 Å². The van der Waals surface area contributed by atoms with Crippen LogP contribution in [0.1, 0.15) is 26.2 Å². The Balaban J connectivity index is 2.73. The van der Waals surface area contributed by atoms with E-state index in [9.17, 15) is 0 Å². The second kappa shape index (κ2) is 11.3. The highest BCUT2D eigenvalue weighted by Gasteiger charge is 1.89. The standard InChI is InChI=1S/C9H20O2S/c1-2-10-6-3-4-7-11-8-5-9-12/h12H,2-9H2,1H3. The van der Waals surface area contributed by atoms with Gasteiger partial charge in [0, 0.05) is 26.4 Å². The molecular formula is C9H20O2S. The van der Waals surface area contributed by atoms with E-state index in [4.69, 9.17) is 9.47 Å². The lowest BCUT2D eigenvalue weighted by atomic mass is 10.3. The molecule has 0 N–H and O–H groups in total. The summed E-state index contributed by atoms with van der Waals surface area (Å²) in [6, 6.07) is 0. The van der Waals surface area contributed by atoms with Crippen molar-refractivity contribution < 1.29 is 9.47 Å². The van der Waals surface area contributed by atoms with Crippen LogP contribution in [0.25, 0.3) is 0 Å². The Hall–Kier alpha value is 0.270. The Morgan fingerprint density at radius 1 is 0.917 bits per heavy atom. The van der Waals surface area contributed by atoms with E-state index in [1.165, 1.54) is 0 Å². The molecule has 0 amide bonds. The van der Waals surface area contributed by atoms with E-state index in [1.807, 2.05) is 6.92 Å². The fourth-order valence-electron chi connectivity index (χ4n) is 0.821. The van der Waals surface area contributed by atoms with Gasteiger partial charge in [0.25, 0.3) is 0 Å². The first-order valence-electron chi connectivity index (χ1n) is 4.68. The maximum Gasteiger partial charge on any atom is 0.0473 e. The Labute approximate surface area is 81.0 Å². The minimum Gasteiger partial charge on any atom is -0.382 e. The molecule has 0 spiro atoms. The van der Waals surface area contributed by atoms with Crippen LogP contribution in [0, 0.1) is 0 Å². The summed E-state index contributed by atoms with van der Waals surface area (Å²) >= 11 is 4.09. The van der Waals surface area contributed by atoms with Crippen LogP contribution < -0.4 is 0 Å². The summed E-state index contributed by atoms with van der Waals surface area (Å²) < 4.78 is 10.5. The van der Waals surface area contributed by atoms with Crippen molar-refractivity contribution in [3.8, 4) is 0 Å². The van der Waals surface area contributed by atoms with Crippen LogP contribution in [0.2, 0.25) is 0 Å². The van der Waals surface area contributed by atoms with E-state index in [0.29, 0.717) is 0 Å². The molecule has 0 unspecified atom stereocenters. The van der Waals surface area contributed by atoms with Gasteiger partial charge in [-0.25, -0.2) is 0 Å². The van der Waals surface area contributed by atoms with Crippen LogP contribution in [-0.2, 0) is 9.47 Å². The molecule has 0 saturated heterocycles. The third kappa shape index (κ3) is 10.3. The lowest BCUT2D eigenvalue weighted by molar-refractivity contribution is 0.109. The van der Waals surface area contributed by atoms with Crippen molar-refractivity contribution in [3.63, 3.8) is 0 Å². The van der Waals surface area contributed by atoms with Crippen molar-refractivity contribution in [2.75, 3.05) is 32.2 Å². The molecular weight excluding hydrogens is 172 g/mol. The highest BCUT2D eigenvalue weighted by Crippen LogP contribution is 1.93. The number of rotatable bonds is 9. The molecule has 0 aromatic heterocycles.